The first-order chi connectivity index (χ1) is 8.66. The number of carbonyl (C=O) groups excluding carboxylic acids is 1. The van der Waals surface area contributed by atoms with Gasteiger partial charge in [0.1, 0.15) is 6.17 Å². The molecule has 1 saturated heterocycles. The summed E-state index contributed by atoms with van der Waals surface area (Å²) in [5, 5.41) is 3.34. The molecule has 3 heteroatoms. The van der Waals surface area contributed by atoms with Crippen LogP contribution in [0.4, 0.5) is 0 Å². The monoisotopic (exact) mass is 244 g/mol. The van der Waals surface area contributed by atoms with E-state index in [1.165, 1.54) is 24.0 Å². The van der Waals surface area contributed by atoms with Gasteiger partial charge in [-0.25, -0.2) is 0 Å². The van der Waals surface area contributed by atoms with Crippen molar-refractivity contribution in [2.24, 2.45) is 5.92 Å². The minimum atomic E-state index is 0.0630. The second-order valence-corrected chi connectivity index (χ2v) is 5.58. The zero-order valence-corrected chi connectivity index (χ0v) is 11.0. The lowest BCUT2D eigenvalue weighted by molar-refractivity contribution is -0.130. The normalized spacial score (nSPS) is 25.6. The van der Waals surface area contributed by atoms with E-state index >= 15 is 0 Å². The summed E-state index contributed by atoms with van der Waals surface area (Å²) in [4.78, 5) is 14.1. The number of amides is 1. The molecule has 1 amide bonds. The quantitative estimate of drug-likeness (QED) is 0.884. The second-order valence-electron chi connectivity index (χ2n) is 5.58. The lowest BCUT2D eigenvalue weighted by Gasteiger charge is -2.31. The van der Waals surface area contributed by atoms with E-state index in [9.17, 15) is 4.79 Å². The molecule has 0 aromatic heterocycles. The molecule has 2 aliphatic rings. The molecule has 2 atom stereocenters. The van der Waals surface area contributed by atoms with Gasteiger partial charge < -0.3 is 4.90 Å². The highest BCUT2D eigenvalue weighted by Gasteiger charge is 2.41. The van der Waals surface area contributed by atoms with Crippen molar-refractivity contribution in [1.82, 2.24) is 10.2 Å². The fourth-order valence-corrected chi connectivity index (χ4v) is 2.90. The van der Waals surface area contributed by atoms with E-state index in [0.29, 0.717) is 18.5 Å². The molecular formula is C15H20N2O. The summed E-state index contributed by atoms with van der Waals surface area (Å²) >= 11 is 0. The zero-order chi connectivity index (χ0) is 12.7. The molecule has 2 fully saturated rings. The molecular weight excluding hydrogens is 224 g/mol. The summed E-state index contributed by atoms with van der Waals surface area (Å²) in [6.45, 7) is 4.75. The van der Waals surface area contributed by atoms with Crippen LogP contribution in [0.1, 0.15) is 37.1 Å². The summed E-state index contributed by atoms with van der Waals surface area (Å²) in [5.74, 6) is 0.946. The summed E-state index contributed by atoms with van der Waals surface area (Å²) in [6.07, 6.45) is 2.60. The van der Waals surface area contributed by atoms with Crippen LogP contribution in [0.25, 0.3) is 0 Å². The SMILES string of the molecule is Cc1cccc(C2NCC(=O)N2C(C)C2CC2)c1. The van der Waals surface area contributed by atoms with Crippen molar-refractivity contribution in [3.63, 3.8) is 0 Å². The maximum atomic E-state index is 12.1. The molecule has 2 unspecified atom stereocenters. The third-order valence-electron chi connectivity index (χ3n) is 4.11. The lowest BCUT2D eigenvalue weighted by Crippen LogP contribution is -2.39. The van der Waals surface area contributed by atoms with Gasteiger partial charge in [-0.2, -0.15) is 0 Å². The van der Waals surface area contributed by atoms with E-state index in [4.69, 9.17) is 0 Å². The highest BCUT2D eigenvalue weighted by molar-refractivity contribution is 5.81. The minimum Gasteiger partial charge on any atom is -0.319 e. The highest BCUT2D eigenvalue weighted by atomic mass is 16.2. The number of benzene rings is 1. The maximum absolute atomic E-state index is 12.1. The smallest absolute Gasteiger partial charge is 0.238 e. The first-order valence-corrected chi connectivity index (χ1v) is 6.78. The van der Waals surface area contributed by atoms with Crippen molar-refractivity contribution < 1.29 is 4.79 Å². The van der Waals surface area contributed by atoms with E-state index in [0.717, 1.165) is 0 Å². The van der Waals surface area contributed by atoms with Crippen molar-refractivity contribution in [1.29, 1.82) is 0 Å². The highest BCUT2D eigenvalue weighted by Crippen LogP contribution is 2.38. The Kier molecular flexibility index (Phi) is 2.86. The number of hydrogen-bond acceptors (Lipinski definition) is 2. The lowest BCUT2D eigenvalue weighted by atomic mass is 10.1. The fraction of sp³-hybridized carbons (Fsp3) is 0.533. The van der Waals surface area contributed by atoms with Crippen LogP contribution in [0, 0.1) is 12.8 Å². The molecule has 1 heterocycles. The average molecular weight is 244 g/mol. The van der Waals surface area contributed by atoms with Crippen molar-refractivity contribution in [2.75, 3.05) is 6.54 Å². The Bertz CT molecular complexity index is 467. The largest absolute Gasteiger partial charge is 0.319 e. The molecule has 3 rings (SSSR count). The Morgan fingerprint density at radius 1 is 1.39 bits per heavy atom. The van der Waals surface area contributed by atoms with E-state index < -0.39 is 0 Å². The predicted molar refractivity (Wildman–Crippen MR) is 71.0 cm³/mol. The maximum Gasteiger partial charge on any atom is 0.238 e. The van der Waals surface area contributed by atoms with Crippen LogP contribution in [0.15, 0.2) is 24.3 Å². The van der Waals surface area contributed by atoms with Crippen LogP contribution in [-0.2, 0) is 4.79 Å². The van der Waals surface area contributed by atoms with Crippen molar-refractivity contribution in [2.45, 2.75) is 38.9 Å². The number of aryl methyl sites for hydroxylation is 1. The second kappa shape index (κ2) is 4.39. The first-order valence-electron chi connectivity index (χ1n) is 6.78. The third kappa shape index (κ3) is 2.03. The van der Waals surface area contributed by atoms with E-state index in [1.54, 1.807) is 0 Å². The summed E-state index contributed by atoms with van der Waals surface area (Å²) in [6, 6.07) is 8.79. The molecule has 3 nitrogen and oxygen atoms in total. The third-order valence-corrected chi connectivity index (χ3v) is 4.11. The molecule has 1 aliphatic carbocycles. The van der Waals surface area contributed by atoms with Crippen LogP contribution in [0.3, 0.4) is 0 Å². The molecule has 1 N–H and O–H groups in total. The summed E-state index contributed by atoms with van der Waals surface area (Å²) in [7, 11) is 0. The van der Waals surface area contributed by atoms with Crippen molar-refractivity contribution in [3.05, 3.63) is 35.4 Å². The van der Waals surface area contributed by atoms with Crippen molar-refractivity contribution >= 4 is 5.91 Å². The van der Waals surface area contributed by atoms with Gasteiger partial charge >= 0.3 is 0 Å². The first kappa shape index (κ1) is 11.7. The van der Waals surface area contributed by atoms with Crippen LogP contribution < -0.4 is 5.32 Å². The van der Waals surface area contributed by atoms with Gasteiger partial charge in [-0.15, -0.1) is 0 Å². The van der Waals surface area contributed by atoms with Gasteiger partial charge in [-0.1, -0.05) is 29.8 Å². The topological polar surface area (TPSA) is 32.3 Å². The van der Waals surface area contributed by atoms with Crippen LogP contribution >= 0.6 is 0 Å². The summed E-state index contributed by atoms with van der Waals surface area (Å²) in [5.41, 5.74) is 2.45. The Hall–Kier alpha value is -1.35. The van der Waals surface area contributed by atoms with Crippen LogP contribution in [0.2, 0.25) is 0 Å². The van der Waals surface area contributed by atoms with Gasteiger partial charge in [-0.3, -0.25) is 10.1 Å². The summed E-state index contributed by atoms with van der Waals surface area (Å²) < 4.78 is 0. The van der Waals surface area contributed by atoms with Crippen LogP contribution in [-0.4, -0.2) is 23.4 Å². The average Bonchev–Trinajstić information content (AvgIpc) is 3.12. The van der Waals surface area contributed by atoms with Gasteiger partial charge in [0.05, 0.1) is 6.54 Å². The molecule has 96 valence electrons. The Morgan fingerprint density at radius 2 is 2.17 bits per heavy atom. The Morgan fingerprint density at radius 3 is 2.83 bits per heavy atom. The fourth-order valence-electron chi connectivity index (χ4n) is 2.90. The Balaban J connectivity index is 1.88. The zero-order valence-electron chi connectivity index (χ0n) is 11.0. The van der Waals surface area contributed by atoms with E-state index in [-0.39, 0.29) is 12.1 Å². The number of rotatable bonds is 3. The van der Waals surface area contributed by atoms with E-state index in [1.807, 2.05) is 4.90 Å². The molecule has 0 spiro atoms. The molecule has 18 heavy (non-hydrogen) atoms. The van der Waals surface area contributed by atoms with Gasteiger partial charge in [0, 0.05) is 6.04 Å². The van der Waals surface area contributed by atoms with E-state index in [2.05, 4.69) is 43.4 Å². The number of carbonyl (C=O) groups is 1. The number of nitrogens with zero attached hydrogens (tertiary/aromatic N) is 1. The van der Waals surface area contributed by atoms with Gasteiger partial charge in [0.15, 0.2) is 0 Å². The number of hydrogen-bond donors (Lipinski definition) is 1. The van der Waals surface area contributed by atoms with Gasteiger partial charge in [0.2, 0.25) is 5.91 Å². The molecule has 1 aromatic rings. The predicted octanol–water partition coefficient (Wildman–Crippen LogP) is 2.22. The van der Waals surface area contributed by atoms with Crippen LogP contribution in [0.5, 0.6) is 0 Å². The standard InChI is InChI=1S/C15H20N2O/c1-10-4-3-5-13(8-10)15-16-9-14(18)17(15)11(2)12-6-7-12/h3-5,8,11-12,15-16H,6-7,9H2,1-2H3. The minimum absolute atomic E-state index is 0.0630. The Labute approximate surface area is 108 Å². The molecule has 1 aliphatic heterocycles. The molecule has 0 radical (unpaired) electrons. The van der Waals surface area contributed by atoms with Crippen molar-refractivity contribution in [3.8, 4) is 0 Å². The molecule has 0 bridgehead atoms. The van der Waals surface area contributed by atoms with Gasteiger partial charge in [0.25, 0.3) is 0 Å². The molecule has 1 aromatic carbocycles. The molecule has 1 saturated carbocycles. The number of nitrogens with one attached hydrogen (secondary N) is 1. The van der Waals surface area contributed by atoms with Gasteiger partial charge in [-0.05, 0) is 38.2 Å².